The Morgan fingerprint density at radius 2 is 2.12 bits per heavy atom. The van der Waals surface area contributed by atoms with E-state index in [9.17, 15) is 4.39 Å². The van der Waals surface area contributed by atoms with Crippen LogP contribution in [0.3, 0.4) is 0 Å². The van der Waals surface area contributed by atoms with E-state index in [1.165, 1.54) is 6.34 Å². The van der Waals surface area contributed by atoms with Crippen LogP contribution in [0.15, 0.2) is 40.3 Å². The molecule has 0 saturated carbocycles. The molecule has 2 aromatic carbocycles. The number of aryl methyl sites for hydroxylation is 1. The Labute approximate surface area is 150 Å². The first-order valence-corrected chi connectivity index (χ1v) is 7.98. The highest BCUT2D eigenvalue weighted by atomic mass is 19.1. The Hall–Kier alpha value is -3.29. The second-order valence-corrected chi connectivity index (χ2v) is 5.73. The van der Waals surface area contributed by atoms with Crippen molar-refractivity contribution < 1.29 is 9.13 Å². The fourth-order valence-corrected chi connectivity index (χ4v) is 2.46. The lowest BCUT2D eigenvalue weighted by molar-refractivity contribution is 0.472. The maximum atomic E-state index is 14.6. The van der Waals surface area contributed by atoms with Gasteiger partial charge in [-0.15, -0.1) is 5.10 Å². The van der Waals surface area contributed by atoms with Crippen LogP contribution < -0.4 is 10.1 Å². The third kappa shape index (κ3) is 3.53. The van der Waals surface area contributed by atoms with E-state index in [0.29, 0.717) is 34.1 Å². The van der Waals surface area contributed by atoms with Crippen LogP contribution in [0.25, 0.3) is 11.0 Å². The number of ether oxygens (including phenoxy) is 1. The highest BCUT2D eigenvalue weighted by molar-refractivity contribution is 5.97. The number of rotatable bonds is 4. The monoisotopic (exact) mass is 354 g/mol. The number of benzene rings is 2. The summed E-state index contributed by atoms with van der Waals surface area (Å²) >= 11 is 0. The van der Waals surface area contributed by atoms with Gasteiger partial charge >= 0.3 is 0 Å². The van der Waals surface area contributed by atoms with Crippen molar-refractivity contribution >= 4 is 28.9 Å². The van der Waals surface area contributed by atoms with Crippen LogP contribution in [0.5, 0.6) is 11.5 Å². The molecule has 1 N–H and O–H groups in total. The van der Waals surface area contributed by atoms with Crippen molar-refractivity contribution in [3.05, 3.63) is 41.7 Å². The number of halogens is 1. The average Bonchev–Trinajstić information content (AvgIpc) is 3.00. The predicted molar refractivity (Wildman–Crippen MR) is 101 cm³/mol. The van der Waals surface area contributed by atoms with Crippen LogP contribution in [0.4, 0.5) is 10.1 Å². The molecule has 0 fully saturated rings. The van der Waals surface area contributed by atoms with E-state index < -0.39 is 5.82 Å². The number of hydrogen-bond donors (Lipinski definition) is 1. The van der Waals surface area contributed by atoms with E-state index in [1.54, 1.807) is 49.8 Å². The fourth-order valence-electron chi connectivity index (χ4n) is 2.46. The average molecular weight is 354 g/mol. The van der Waals surface area contributed by atoms with Gasteiger partial charge in [-0.1, -0.05) is 5.21 Å². The van der Waals surface area contributed by atoms with Crippen molar-refractivity contribution in [2.45, 2.75) is 13.8 Å². The van der Waals surface area contributed by atoms with Crippen LogP contribution in [-0.4, -0.2) is 34.2 Å². The topological polar surface area (TPSA) is 76.7 Å². The van der Waals surface area contributed by atoms with Crippen molar-refractivity contribution in [3.63, 3.8) is 0 Å². The number of aromatic nitrogens is 3. The molecule has 0 bridgehead atoms. The summed E-state index contributed by atoms with van der Waals surface area (Å²) in [7, 11) is 3.44. The lowest BCUT2D eigenvalue weighted by atomic mass is 10.1. The zero-order chi connectivity index (χ0) is 18.7. The molecule has 0 aliphatic heterocycles. The molecule has 0 aliphatic rings. The van der Waals surface area contributed by atoms with E-state index in [2.05, 4.69) is 25.6 Å². The molecule has 1 heterocycles. The summed E-state index contributed by atoms with van der Waals surface area (Å²) in [4.78, 5) is 7.79. The molecule has 0 radical (unpaired) electrons. The van der Waals surface area contributed by atoms with Crippen LogP contribution in [-0.2, 0) is 7.05 Å². The molecule has 0 atom stereocenters. The Morgan fingerprint density at radius 3 is 2.88 bits per heavy atom. The number of amidine groups is 1. The van der Waals surface area contributed by atoms with Crippen molar-refractivity contribution in [1.82, 2.24) is 15.0 Å². The van der Waals surface area contributed by atoms with Crippen molar-refractivity contribution in [3.8, 4) is 11.5 Å². The molecular weight excluding hydrogens is 335 g/mol. The molecule has 7 nitrogen and oxygen atoms in total. The quantitative estimate of drug-likeness (QED) is 0.572. The molecule has 0 saturated heterocycles. The number of aliphatic imine (C=N–C) groups is 2. The van der Waals surface area contributed by atoms with Gasteiger partial charge in [0.15, 0.2) is 5.82 Å². The second-order valence-electron chi connectivity index (χ2n) is 5.73. The normalized spacial score (nSPS) is 12.1. The molecule has 3 aromatic rings. The number of nitrogens with one attached hydrogen (secondary N) is 1. The summed E-state index contributed by atoms with van der Waals surface area (Å²) in [5.74, 6) is 1.14. The van der Waals surface area contributed by atoms with Gasteiger partial charge in [0.25, 0.3) is 0 Å². The molecule has 0 unspecified atom stereocenters. The summed E-state index contributed by atoms with van der Waals surface area (Å²) < 4.78 is 22.2. The van der Waals surface area contributed by atoms with Gasteiger partial charge in [0, 0.05) is 25.7 Å². The number of anilines is 1. The Kier molecular flexibility index (Phi) is 4.92. The predicted octanol–water partition coefficient (Wildman–Crippen LogP) is 3.70. The minimum absolute atomic E-state index is 0.324. The van der Waals surface area contributed by atoms with Gasteiger partial charge in [-0.2, -0.15) is 0 Å². The van der Waals surface area contributed by atoms with Crippen LogP contribution >= 0.6 is 0 Å². The zero-order valence-corrected chi connectivity index (χ0v) is 15.0. The summed E-state index contributed by atoms with van der Waals surface area (Å²) in [5.41, 5.74) is 2.33. The Balaban J connectivity index is 1.85. The fraction of sp³-hybridized carbons (Fsp3) is 0.222. The third-order valence-corrected chi connectivity index (χ3v) is 3.83. The summed E-state index contributed by atoms with van der Waals surface area (Å²) in [6, 6.07) is 8.76. The van der Waals surface area contributed by atoms with Gasteiger partial charge in [0.1, 0.15) is 29.2 Å². The molecule has 0 amide bonds. The maximum Gasteiger partial charge on any atom is 0.153 e. The van der Waals surface area contributed by atoms with Gasteiger partial charge in [0.05, 0.1) is 11.2 Å². The van der Waals surface area contributed by atoms with Crippen LogP contribution in [0.1, 0.15) is 12.5 Å². The van der Waals surface area contributed by atoms with Gasteiger partial charge in [-0.25, -0.2) is 14.1 Å². The number of nitrogens with zero attached hydrogens (tertiary/aromatic N) is 5. The van der Waals surface area contributed by atoms with Gasteiger partial charge in [-0.3, -0.25) is 4.99 Å². The molecule has 3 rings (SSSR count). The number of hydrogen-bond acceptors (Lipinski definition) is 4. The Bertz CT molecular complexity index is 1010. The molecule has 0 spiro atoms. The first-order chi connectivity index (χ1) is 12.5. The molecular formula is C18H19FN6O. The smallest absolute Gasteiger partial charge is 0.153 e. The lowest BCUT2D eigenvalue weighted by Crippen LogP contribution is -2.09. The summed E-state index contributed by atoms with van der Waals surface area (Å²) in [6.45, 7) is 3.40. The maximum absolute atomic E-state index is 14.6. The van der Waals surface area contributed by atoms with Gasteiger partial charge < -0.3 is 10.1 Å². The zero-order valence-electron chi connectivity index (χ0n) is 15.0. The molecule has 26 heavy (non-hydrogen) atoms. The van der Waals surface area contributed by atoms with Crippen LogP contribution in [0.2, 0.25) is 0 Å². The second kappa shape index (κ2) is 7.30. The highest BCUT2D eigenvalue weighted by Gasteiger charge is 2.13. The van der Waals surface area contributed by atoms with E-state index in [-0.39, 0.29) is 0 Å². The third-order valence-electron chi connectivity index (χ3n) is 3.83. The van der Waals surface area contributed by atoms with E-state index >= 15 is 0 Å². The SMILES string of the molecule is CN=CN=C(C)Nc1ccc(Oc2ccc3c(c2)nnn3C)c(C)c1F. The van der Waals surface area contributed by atoms with Crippen molar-refractivity contribution in [2.24, 2.45) is 17.0 Å². The van der Waals surface area contributed by atoms with Crippen LogP contribution in [0, 0.1) is 12.7 Å². The summed E-state index contributed by atoms with van der Waals surface area (Å²) in [6.07, 6.45) is 1.40. The van der Waals surface area contributed by atoms with E-state index in [4.69, 9.17) is 4.74 Å². The van der Waals surface area contributed by atoms with Crippen molar-refractivity contribution in [2.75, 3.05) is 12.4 Å². The minimum Gasteiger partial charge on any atom is -0.457 e. The van der Waals surface area contributed by atoms with E-state index in [0.717, 1.165) is 5.52 Å². The summed E-state index contributed by atoms with van der Waals surface area (Å²) in [5, 5.41) is 10.9. The van der Waals surface area contributed by atoms with Crippen molar-refractivity contribution in [1.29, 1.82) is 0 Å². The standard InChI is InChI=1S/C18H19FN6O/c1-11-17(8-6-14(18(11)19)22-12(2)21-10-20-3)26-13-5-7-16-15(9-13)23-24-25(16)4/h5-10H,1-4H3,(H,20,21,22). The van der Waals surface area contributed by atoms with Gasteiger partial charge in [-0.05, 0) is 38.1 Å². The highest BCUT2D eigenvalue weighted by Crippen LogP contribution is 2.31. The van der Waals surface area contributed by atoms with Gasteiger partial charge in [0.2, 0.25) is 0 Å². The molecule has 134 valence electrons. The minimum atomic E-state index is -0.397. The molecule has 8 heteroatoms. The first-order valence-electron chi connectivity index (χ1n) is 7.98. The molecule has 0 aliphatic carbocycles. The Morgan fingerprint density at radius 1 is 1.31 bits per heavy atom. The number of fused-ring (bicyclic) bond motifs is 1. The largest absolute Gasteiger partial charge is 0.457 e. The first kappa shape index (κ1) is 17.5. The molecule has 1 aromatic heterocycles. The van der Waals surface area contributed by atoms with E-state index in [1.807, 2.05) is 13.1 Å². The lowest BCUT2D eigenvalue weighted by Gasteiger charge is -2.13.